The maximum Gasteiger partial charge on any atom is 0.180 e. The average Bonchev–Trinajstić information content (AvgIpc) is 3.07. The highest BCUT2D eigenvalue weighted by Gasteiger charge is 2.10. The molecule has 0 aliphatic rings. The molecule has 0 saturated carbocycles. The molecule has 4 aromatic rings. The van der Waals surface area contributed by atoms with Gasteiger partial charge in [-0.3, -0.25) is 0 Å². The van der Waals surface area contributed by atoms with E-state index in [1.54, 1.807) is 21.6 Å². The Hall–Kier alpha value is -1.92. The quantitative estimate of drug-likeness (QED) is 0.575. The lowest BCUT2D eigenvalue weighted by molar-refractivity contribution is 0.818. The molecule has 2 aromatic heterocycles. The van der Waals surface area contributed by atoms with Crippen molar-refractivity contribution in [3.8, 4) is 0 Å². The molecule has 2 heterocycles. The Bertz CT molecular complexity index is 893. The first-order valence-electron chi connectivity index (χ1n) is 6.52. The number of rotatable bonds is 3. The zero-order chi connectivity index (χ0) is 14.2. The highest BCUT2D eigenvalue weighted by molar-refractivity contribution is 8.76. The van der Waals surface area contributed by atoms with Gasteiger partial charge in [-0.15, -0.1) is 0 Å². The van der Waals surface area contributed by atoms with Gasteiger partial charge in [0.15, 0.2) is 10.3 Å². The van der Waals surface area contributed by atoms with E-state index in [0.29, 0.717) is 0 Å². The number of nitrogens with zero attached hydrogens (tertiary/aromatic N) is 3. The van der Waals surface area contributed by atoms with Gasteiger partial charge in [-0.25, -0.2) is 9.97 Å². The Balaban J connectivity index is 1.61. The first-order chi connectivity index (χ1) is 10.3. The molecule has 104 valence electrons. The fraction of sp³-hybridized carbons (Fsp3) is 0.0667. The normalized spacial score (nSPS) is 11.5. The van der Waals surface area contributed by atoms with Crippen molar-refractivity contribution in [3.05, 3.63) is 48.5 Å². The molecular formula is C15H12N4S2. The minimum Gasteiger partial charge on any atom is -0.332 e. The van der Waals surface area contributed by atoms with Crippen molar-refractivity contribution in [1.29, 1.82) is 0 Å². The molecule has 21 heavy (non-hydrogen) atoms. The third-order valence-corrected chi connectivity index (χ3v) is 5.43. The van der Waals surface area contributed by atoms with E-state index in [0.717, 1.165) is 32.4 Å². The second-order valence-corrected chi connectivity index (χ2v) is 6.75. The summed E-state index contributed by atoms with van der Waals surface area (Å²) in [5.74, 6) is 0. The standard InChI is InChI=1S/C15H12N4S2/c1-19-13-9-5-4-8-12(13)18-15(19)21-20-14-16-10-6-2-3-7-11(10)17-14/h2-9H,1H3,(H,16,17). The van der Waals surface area contributed by atoms with Crippen molar-refractivity contribution in [2.45, 2.75) is 10.3 Å². The molecule has 0 spiro atoms. The summed E-state index contributed by atoms with van der Waals surface area (Å²) < 4.78 is 2.11. The van der Waals surface area contributed by atoms with E-state index in [1.165, 1.54) is 0 Å². The molecule has 0 saturated heterocycles. The van der Waals surface area contributed by atoms with Crippen LogP contribution in [0.1, 0.15) is 0 Å². The van der Waals surface area contributed by atoms with Crippen LogP contribution < -0.4 is 0 Å². The van der Waals surface area contributed by atoms with E-state index in [4.69, 9.17) is 0 Å². The smallest absolute Gasteiger partial charge is 0.180 e. The van der Waals surface area contributed by atoms with E-state index in [9.17, 15) is 0 Å². The Kier molecular flexibility index (Phi) is 3.12. The van der Waals surface area contributed by atoms with Crippen molar-refractivity contribution < 1.29 is 0 Å². The summed E-state index contributed by atoms with van der Waals surface area (Å²) in [6.45, 7) is 0. The van der Waals surface area contributed by atoms with Gasteiger partial charge in [0.05, 0.1) is 22.1 Å². The molecule has 1 N–H and O–H groups in total. The SMILES string of the molecule is Cn1c(SSc2nc3ccccc3[nH]2)nc2ccccc21. The third-order valence-electron chi connectivity index (χ3n) is 3.31. The molecular weight excluding hydrogens is 300 g/mol. The Morgan fingerprint density at radius 2 is 1.67 bits per heavy atom. The van der Waals surface area contributed by atoms with E-state index in [1.807, 2.05) is 49.5 Å². The van der Waals surface area contributed by atoms with E-state index in [-0.39, 0.29) is 0 Å². The van der Waals surface area contributed by atoms with Gasteiger partial charge in [0, 0.05) is 7.05 Å². The monoisotopic (exact) mass is 312 g/mol. The lowest BCUT2D eigenvalue weighted by atomic mass is 10.3. The van der Waals surface area contributed by atoms with Crippen LogP contribution in [0.5, 0.6) is 0 Å². The average molecular weight is 312 g/mol. The lowest BCUT2D eigenvalue weighted by Gasteiger charge is -1.99. The maximum atomic E-state index is 4.64. The van der Waals surface area contributed by atoms with Crippen molar-refractivity contribution in [3.63, 3.8) is 0 Å². The molecule has 0 amide bonds. The van der Waals surface area contributed by atoms with Gasteiger partial charge in [0.25, 0.3) is 0 Å². The second-order valence-electron chi connectivity index (χ2n) is 4.67. The van der Waals surface area contributed by atoms with Crippen molar-refractivity contribution in [1.82, 2.24) is 19.5 Å². The van der Waals surface area contributed by atoms with Crippen molar-refractivity contribution >= 4 is 43.7 Å². The topological polar surface area (TPSA) is 46.5 Å². The fourth-order valence-electron chi connectivity index (χ4n) is 2.24. The van der Waals surface area contributed by atoms with Gasteiger partial charge in [-0.05, 0) is 45.9 Å². The van der Waals surface area contributed by atoms with Crippen molar-refractivity contribution in [2.24, 2.45) is 7.05 Å². The van der Waals surface area contributed by atoms with Gasteiger partial charge in [-0.2, -0.15) is 0 Å². The van der Waals surface area contributed by atoms with Gasteiger partial charge < -0.3 is 9.55 Å². The number of fused-ring (bicyclic) bond motifs is 2. The Morgan fingerprint density at radius 1 is 0.905 bits per heavy atom. The number of imidazole rings is 2. The van der Waals surface area contributed by atoms with E-state index >= 15 is 0 Å². The summed E-state index contributed by atoms with van der Waals surface area (Å²) in [5.41, 5.74) is 4.22. The highest BCUT2D eigenvalue weighted by Crippen LogP contribution is 2.36. The third kappa shape index (κ3) is 2.30. The fourth-order valence-corrected chi connectivity index (χ4v) is 4.17. The Labute approximate surface area is 129 Å². The number of hydrogen-bond acceptors (Lipinski definition) is 4. The number of aromatic amines is 1. The summed E-state index contributed by atoms with van der Waals surface area (Å²) >= 11 is 0. The molecule has 2 aromatic carbocycles. The van der Waals surface area contributed by atoms with Crippen LogP contribution >= 0.6 is 21.6 Å². The summed E-state index contributed by atoms with van der Waals surface area (Å²) in [5, 5.41) is 1.87. The first-order valence-corrected chi connectivity index (χ1v) is 8.67. The molecule has 6 heteroatoms. The minimum absolute atomic E-state index is 0.897. The molecule has 0 atom stereocenters. The molecule has 4 rings (SSSR count). The largest absolute Gasteiger partial charge is 0.332 e. The van der Waals surface area contributed by atoms with Crippen LogP contribution in [0.25, 0.3) is 22.1 Å². The summed E-state index contributed by atoms with van der Waals surface area (Å²) in [6, 6.07) is 16.2. The van der Waals surface area contributed by atoms with E-state index < -0.39 is 0 Å². The van der Waals surface area contributed by atoms with Crippen LogP contribution in [0, 0.1) is 0 Å². The molecule has 0 aliphatic heterocycles. The van der Waals surface area contributed by atoms with Crippen LogP contribution in [0.3, 0.4) is 0 Å². The molecule has 0 unspecified atom stereocenters. The number of benzene rings is 2. The predicted octanol–water partition coefficient (Wildman–Crippen LogP) is 4.25. The first kappa shape index (κ1) is 12.8. The van der Waals surface area contributed by atoms with Gasteiger partial charge in [-0.1, -0.05) is 24.3 Å². The van der Waals surface area contributed by atoms with Crippen LogP contribution in [-0.4, -0.2) is 19.5 Å². The van der Waals surface area contributed by atoms with Crippen LogP contribution in [0.4, 0.5) is 0 Å². The zero-order valence-electron chi connectivity index (χ0n) is 11.3. The number of para-hydroxylation sites is 4. The number of aryl methyl sites for hydroxylation is 1. The number of H-pyrrole nitrogens is 1. The van der Waals surface area contributed by atoms with Gasteiger partial charge in [0.1, 0.15) is 0 Å². The Morgan fingerprint density at radius 3 is 2.48 bits per heavy atom. The molecule has 0 radical (unpaired) electrons. The lowest BCUT2D eigenvalue weighted by Crippen LogP contribution is -1.88. The van der Waals surface area contributed by atoms with Crippen LogP contribution in [0.2, 0.25) is 0 Å². The minimum atomic E-state index is 0.897. The van der Waals surface area contributed by atoms with Crippen molar-refractivity contribution in [2.75, 3.05) is 0 Å². The maximum absolute atomic E-state index is 4.64. The summed E-state index contributed by atoms with van der Waals surface area (Å²) in [7, 11) is 5.25. The summed E-state index contributed by atoms with van der Waals surface area (Å²) in [4.78, 5) is 12.5. The molecule has 4 nitrogen and oxygen atoms in total. The van der Waals surface area contributed by atoms with E-state index in [2.05, 4.69) is 25.6 Å². The number of aromatic nitrogens is 4. The summed E-state index contributed by atoms with van der Waals surface area (Å²) in [6.07, 6.45) is 0. The molecule has 0 fully saturated rings. The number of nitrogens with one attached hydrogen (secondary N) is 1. The predicted molar refractivity (Wildman–Crippen MR) is 88.5 cm³/mol. The number of hydrogen-bond donors (Lipinski definition) is 1. The van der Waals surface area contributed by atoms with Crippen LogP contribution in [-0.2, 0) is 7.05 Å². The van der Waals surface area contributed by atoms with Gasteiger partial charge in [0.2, 0.25) is 0 Å². The molecule has 0 bridgehead atoms. The van der Waals surface area contributed by atoms with Gasteiger partial charge >= 0.3 is 0 Å². The zero-order valence-corrected chi connectivity index (χ0v) is 12.9. The second kappa shape index (κ2) is 5.13. The van der Waals surface area contributed by atoms with Crippen LogP contribution in [0.15, 0.2) is 58.8 Å². The highest BCUT2D eigenvalue weighted by atomic mass is 33.1. The molecule has 0 aliphatic carbocycles.